The van der Waals surface area contributed by atoms with Gasteiger partial charge in [-0.25, -0.2) is 8.42 Å². The van der Waals surface area contributed by atoms with Gasteiger partial charge < -0.3 is 4.98 Å². The summed E-state index contributed by atoms with van der Waals surface area (Å²) < 4.78 is 67.6. The van der Waals surface area contributed by atoms with Gasteiger partial charge in [-0.2, -0.15) is 18.3 Å². The largest absolute Gasteiger partial charge is 0.417 e. The SMILES string of the molecule is O=c1cc(C(F)(F)F)c2cc(S(=O)(=O)Nc3cc(-c4ccccc4)[nH]n3)ccc2[nH]1. The summed E-state index contributed by atoms with van der Waals surface area (Å²) in [6.07, 6.45) is -4.82. The number of nitrogens with zero attached hydrogens (tertiary/aromatic N) is 1. The van der Waals surface area contributed by atoms with Crippen LogP contribution in [0.4, 0.5) is 19.0 Å². The summed E-state index contributed by atoms with van der Waals surface area (Å²) in [5, 5.41) is 6.15. The molecule has 0 radical (unpaired) electrons. The van der Waals surface area contributed by atoms with E-state index in [-0.39, 0.29) is 11.3 Å². The fourth-order valence-corrected chi connectivity index (χ4v) is 3.99. The first-order chi connectivity index (χ1) is 14.1. The number of hydrogen-bond acceptors (Lipinski definition) is 4. The second-order valence-corrected chi connectivity index (χ2v) is 8.07. The van der Waals surface area contributed by atoms with Crippen molar-refractivity contribution in [3.8, 4) is 11.3 Å². The van der Waals surface area contributed by atoms with Gasteiger partial charge in [0.1, 0.15) is 0 Å². The predicted molar refractivity (Wildman–Crippen MR) is 104 cm³/mol. The molecule has 4 rings (SSSR count). The Morgan fingerprint density at radius 1 is 0.967 bits per heavy atom. The van der Waals surface area contributed by atoms with Gasteiger partial charge in [-0.15, -0.1) is 0 Å². The van der Waals surface area contributed by atoms with Crippen LogP contribution in [0.5, 0.6) is 0 Å². The molecule has 4 aromatic rings. The van der Waals surface area contributed by atoms with Gasteiger partial charge in [0.05, 0.1) is 16.2 Å². The maximum atomic E-state index is 13.3. The van der Waals surface area contributed by atoms with Crippen molar-refractivity contribution in [3.05, 3.63) is 76.6 Å². The monoisotopic (exact) mass is 434 g/mol. The van der Waals surface area contributed by atoms with Crippen LogP contribution in [0.1, 0.15) is 5.56 Å². The van der Waals surface area contributed by atoms with E-state index < -0.39 is 37.6 Å². The number of rotatable bonds is 4. The Kier molecular flexibility index (Phi) is 4.61. The summed E-state index contributed by atoms with van der Waals surface area (Å²) in [5.41, 5.74) is -0.943. The number of nitrogens with one attached hydrogen (secondary N) is 3. The number of hydrogen-bond donors (Lipinski definition) is 3. The third kappa shape index (κ3) is 3.79. The first kappa shape index (κ1) is 19.7. The molecule has 0 saturated heterocycles. The molecule has 0 spiro atoms. The second kappa shape index (κ2) is 7.02. The zero-order valence-corrected chi connectivity index (χ0v) is 15.8. The Morgan fingerprint density at radius 2 is 1.70 bits per heavy atom. The van der Waals surface area contributed by atoms with Crippen molar-refractivity contribution in [1.82, 2.24) is 15.2 Å². The first-order valence-corrected chi connectivity index (χ1v) is 10.00. The summed E-state index contributed by atoms with van der Waals surface area (Å²) in [4.78, 5) is 13.4. The number of aromatic nitrogens is 3. The topological polar surface area (TPSA) is 108 Å². The molecular weight excluding hydrogens is 421 g/mol. The smallest absolute Gasteiger partial charge is 0.322 e. The average molecular weight is 434 g/mol. The van der Waals surface area contributed by atoms with Gasteiger partial charge in [0.25, 0.3) is 10.0 Å². The molecule has 0 fully saturated rings. The molecule has 0 atom stereocenters. The van der Waals surface area contributed by atoms with Crippen LogP contribution in [0.3, 0.4) is 0 Å². The summed E-state index contributed by atoms with van der Waals surface area (Å²) >= 11 is 0. The quantitative estimate of drug-likeness (QED) is 0.455. The van der Waals surface area contributed by atoms with Crippen LogP contribution < -0.4 is 10.3 Å². The molecule has 0 bridgehead atoms. The lowest BCUT2D eigenvalue weighted by molar-refractivity contribution is -0.136. The third-order valence-corrected chi connectivity index (χ3v) is 5.68. The van der Waals surface area contributed by atoms with Gasteiger partial charge in [-0.1, -0.05) is 30.3 Å². The Bertz CT molecular complexity index is 1390. The van der Waals surface area contributed by atoms with Gasteiger partial charge in [0, 0.05) is 23.0 Å². The van der Waals surface area contributed by atoms with Gasteiger partial charge in [0.15, 0.2) is 5.82 Å². The van der Waals surface area contributed by atoms with Gasteiger partial charge in [0.2, 0.25) is 5.56 Å². The molecule has 0 aliphatic rings. The minimum atomic E-state index is -4.82. The van der Waals surface area contributed by atoms with Crippen LogP contribution in [0.2, 0.25) is 0 Å². The van der Waals surface area contributed by atoms with Crippen LogP contribution in [0, 0.1) is 0 Å². The number of aromatic amines is 2. The second-order valence-electron chi connectivity index (χ2n) is 6.39. The highest BCUT2D eigenvalue weighted by Gasteiger charge is 2.33. The lowest BCUT2D eigenvalue weighted by atomic mass is 10.1. The summed E-state index contributed by atoms with van der Waals surface area (Å²) in [5.74, 6) is -0.0218. The fourth-order valence-electron chi connectivity index (χ4n) is 2.97. The normalized spacial score (nSPS) is 12.2. The minimum Gasteiger partial charge on any atom is -0.322 e. The van der Waals surface area contributed by atoms with Crippen molar-refractivity contribution in [3.63, 3.8) is 0 Å². The van der Waals surface area contributed by atoms with Crippen LogP contribution in [0.15, 0.2) is 70.4 Å². The molecule has 11 heteroatoms. The third-order valence-electron chi connectivity index (χ3n) is 4.33. The Hall–Kier alpha value is -3.60. The Balaban J connectivity index is 1.72. The summed E-state index contributed by atoms with van der Waals surface area (Å²) in [7, 11) is -4.24. The highest BCUT2D eigenvalue weighted by atomic mass is 32.2. The average Bonchev–Trinajstić information content (AvgIpc) is 3.14. The van der Waals surface area contributed by atoms with Crippen LogP contribution >= 0.6 is 0 Å². The molecule has 0 amide bonds. The molecule has 2 aromatic carbocycles. The molecule has 0 aliphatic carbocycles. The van der Waals surface area contributed by atoms with E-state index in [1.165, 1.54) is 6.07 Å². The first-order valence-electron chi connectivity index (χ1n) is 8.51. The molecule has 7 nitrogen and oxygen atoms in total. The van der Waals surface area contributed by atoms with Crippen molar-refractivity contribution >= 4 is 26.7 Å². The Labute approximate surface area is 167 Å². The van der Waals surface area contributed by atoms with Crippen LogP contribution in [-0.2, 0) is 16.2 Å². The van der Waals surface area contributed by atoms with E-state index in [2.05, 4.69) is 19.9 Å². The standard InChI is InChI=1S/C19H13F3N4O3S/c20-19(21,22)14-9-18(27)23-15-7-6-12(8-13(14)15)30(28,29)26-17-10-16(24-25-17)11-4-2-1-3-5-11/h1-10H,(H,23,27)(H2,24,25,26). The number of benzene rings is 2. The van der Waals surface area contributed by atoms with E-state index in [4.69, 9.17) is 0 Å². The molecule has 154 valence electrons. The fraction of sp³-hybridized carbons (Fsp3) is 0.0526. The number of pyridine rings is 1. The lowest BCUT2D eigenvalue weighted by Gasteiger charge is -2.11. The van der Waals surface area contributed by atoms with Gasteiger partial charge in [-0.3, -0.25) is 14.6 Å². The van der Waals surface area contributed by atoms with Crippen LogP contribution in [-0.4, -0.2) is 23.6 Å². The highest BCUT2D eigenvalue weighted by Crippen LogP contribution is 2.34. The van der Waals surface area contributed by atoms with E-state index in [1.807, 2.05) is 6.07 Å². The molecule has 3 N–H and O–H groups in total. The molecule has 2 heterocycles. The molecule has 2 aromatic heterocycles. The summed E-state index contributed by atoms with van der Waals surface area (Å²) in [6.45, 7) is 0. The van der Waals surface area contributed by atoms with Gasteiger partial charge in [-0.05, 0) is 23.8 Å². The predicted octanol–water partition coefficient (Wildman–Crippen LogP) is 3.74. The van der Waals surface area contributed by atoms with E-state index in [1.54, 1.807) is 24.3 Å². The van der Waals surface area contributed by atoms with Crippen molar-refractivity contribution in [2.45, 2.75) is 11.1 Å². The Morgan fingerprint density at radius 3 is 2.40 bits per heavy atom. The molecular formula is C19H13F3N4O3S. The maximum Gasteiger partial charge on any atom is 0.417 e. The van der Waals surface area contributed by atoms with Gasteiger partial charge >= 0.3 is 6.18 Å². The van der Waals surface area contributed by atoms with E-state index in [9.17, 15) is 26.4 Å². The van der Waals surface area contributed by atoms with Crippen molar-refractivity contribution in [1.29, 1.82) is 0 Å². The van der Waals surface area contributed by atoms with Crippen molar-refractivity contribution in [2.24, 2.45) is 0 Å². The number of alkyl halides is 3. The van der Waals surface area contributed by atoms with Crippen molar-refractivity contribution in [2.75, 3.05) is 4.72 Å². The molecule has 0 unspecified atom stereocenters. The number of anilines is 1. The number of halogens is 3. The number of fused-ring (bicyclic) bond motifs is 1. The number of sulfonamides is 1. The van der Waals surface area contributed by atoms with Crippen molar-refractivity contribution < 1.29 is 21.6 Å². The van der Waals surface area contributed by atoms with Crippen LogP contribution in [0.25, 0.3) is 22.2 Å². The molecule has 0 aliphatic heterocycles. The van der Waals surface area contributed by atoms with E-state index in [0.717, 1.165) is 23.8 Å². The van der Waals surface area contributed by atoms with E-state index in [0.29, 0.717) is 11.8 Å². The minimum absolute atomic E-state index is 0.0218. The number of H-pyrrole nitrogens is 2. The van der Waals surface area contributed by atoms with E-state index >= 15 is 0 Å². The maximum absolute atomic E-state index is 13.3. The lowest BCUT2D eigenvalue weighted by Crippen LogP contribution is -2.16. The summed E-state index contributed by atoms with van der Waals surface area (Å²) in [6, 6.07) is 14.0. The zero-order chi connectivity index (χ0) is 21.5. The highest BCUT2D eigenvalue weighted by molar-refractivity contribution is 7.92. The molecule has 0 saturated carbocycles. The molecule has 30 heavy (non-hydrogen) atoms. The zero-order valence-electron chi connectivity index (χ0n) is 15.0.